The number of benzene rings is 1. The summed E-state index contributed by atoms with van der Waals surface area (Å²) in [5.74, 6) is -0.233. The maximum atomic E-state index is 12.3. The van der Waals surface area contributed by atoms with Crippen molar-refractivity contribution >= 4 is 31.9 Å². The van der Waals surface area contributed by atoms with Crippen molar-refractivity contribution in [3.8, 4) is 6.07 Å². The summed E-state index contributed by atoms with van der Waals surface area (Å²) in [6.07, 6.45) is 3.86. The summed E-state index contributed by atoms with van der Waals surface area (Å²) in [4.78, 5) is 11.9. The molecule has 0 unspecified atom stereocenters. The van der Waals surface area contributed by atoms with Crippen molar-refractivity contribution in [2.24, 2.45) is 0 Å². The van der Waals surface area contributed by atoms with Crippen LogP contribution in [0.1, 0.15) is 30.0 Å². The Balaban J connectivity index is 1.72. The molecule has 9 heteroatoms. The van der Waals surface area contributed by atoms with Crippen molar-refractivity contribution in [2.45, 2.75) is 30.2 Å². The van der Waals surface area contributed by atoms with Crippen LogP contribution in [0, 0.1) is 11.3 Å². The number of carbonyl (C=O) groups is 1. The van der Waals surface area contributed by atoms with E-state index in [1.165, 1.54) is 22.9 Å². The van der Waals surface area contributed by atoms with E-state index in [9.17, 15) is 13.2 Å². The first-order valence-corrected chi connectivity index (χ1v) is 9.45. The van der Waals surface area contributed by atoms with Crippen LogP contribution >= 0.6 is 15.9 Å². The topological polar surface area (TPSA) is 105 Å². The number of carbonyl (C=O) groups excluding carboxylic acids is 1. The van der Waals surface area contributed by atoms with Crippen LogP contribution in [0.5, 0.6) is 0 Å². The maximum absolute atomic E-state index is 12.3. The molecule has 24 heavy (non-hydrogen) atoms. The van der Waals surface area contributed by atoms with Crippen LogP contribution in [0.2, 0.25) is 0 Å². The van der Waals surface area contributed by atoms with E-state index in [1.54, 1.807) is 6.20 Å². The number of halogens is 1. The van der Waals surface area contributed by atoms with Gasteiger partial charge in [-0.3, -0.25) is 9.48 Å². The highest BCUT2D eigenvalue weighted by Gasteiger charge is 2.26. The molecule has 7 nitrogen and oxygen atoms in total. The molecule has 1 N–H and O–H groups in total. The molecule has 2 aromatic rings. The van der Waals surface area contributed by atoms with E-state index in [1.807, 2.05) is 16.9 Å². The lowest BCUT2D eigenvalue weighted by atomic mass is 10.2. The van der Waals surface area contributed by atoms with Gasteiger partial charge in [-0.05, 0) is 37.1 Å². The van der Waals surface area contributed by atoms with Crippen LogP contribution in [0.15, 0.2) is 39.8 Å². The lowest BCUT2D eigenvalue weighted by Gasteiger charge is -2.08. The number of hydrogen-bond acceptors (Lipinski definition) is 5. The highest BCUT2D eigenvalue weighted by Crippen LogP contribution is 2.38. The minimum absolute atomic E-state index is 0.152. The van der Waals surface area contributed by atoms with Crippen LogP contribution in [-0.2, 0) is 21.4 Å². The van der Waals surface area contributed by atoms with Gasteiger partial charge in [-0.15, -0.1) is 0 Å². The van der Waals surface area contributed by atoms with E-state index >= 15 is 0 Å². The standard InChI is InChI=1S/C15H13BrN4O3S/c16-12-5-10(8-17)6-13(7-12)24(22,23)19-15(21)9-20-4-3-14(18-20)11-1-2-11/h3-7,11H,1-2,9H2,(H,19,21). The Hall–Kier alpha value is -2.18. The first-order chi connectivity index (χ1) is 11.4. The van der Waals surface area contributed by atoms with E-state index in [2.05, 4.69) is 21.0 Å². The Morgan fingerprint density at radius 3 is 2.83 bits per heavy atom. The van der Waals surface area contributed by atoms with Gasteiger partial charge in [0.25, 0.3) is 15.9 Å². The number of nitrogens with zero attached hydrogens (tertiary/aromatic N) is 3. The average molecular weight is 409 g/mol. The average Bonchev–Trinajstić information content (AvgIpc) is 3.26. The van der Waals surface area contributed by atoms with Crippen molar-refractivity contribution in [2.75, 3.05) is 0 Å². The van der Waals surface area contributed by atoms with E-state index in [0.29, 0.717) is 10.4 Å². The number of sulfonamides is 1. The van der Waals surface area contributed by atoms with E-state index in [4.69, 9.17) is 5.26 Å². The van der Waals surface area contributed by atoms with Crippen LogP contribution in [0.3, 0.4) is 0 Å². The second-order valence-corrected chi connectivity index (χ2v) is 8.13. The first kappa shape index (κ1) is 16.7. The molecule has 124 valence electrons. The monoisotopic (exact) mass is 408 g/mol. The molecule has 1 aromatic carbocycles. The Labute approximate surface area is 147 Å². The molecule has 0 aliphatic heterocycles. The minimum atomic E-state index is -4.05. The molecule has 1 heterocycles. The number of nitrogens with one attached hydrogen (secondary N) is 1. The zero-order valence-electron chi connectivity index (χ0n) is 12.4. The zero-order valence-corrected chi connectivity index (χ0v) is 14.8. The van der Waals surface area contributed by atoms with Gasteiger partial charge < -0.3 is 0 Å². The highest BCUT2D eigenvalue weighted by molar-refractivity contribution is 9.10. The molecule has 0 atom stereocenters. The van der Waals surface area contributed by atoms with Gasteiger partial charge in [-0.2, -0.15) is 10.4 Å². The molecule has 0 radical (unpaired) electrons. The molecule has 0 spiro atoms. The molecule has 1 saturated carbocycles. The third kappa shape index (κ3) is 3.83. The molecule has 3 rings (SSSR count). The van der Waals surface area contributed by atoms with E-state index in [-0.39, 0.29) is 17.0 Å². The SMILES string of the molecule is N#Cc1cc(Br)cc(S(=O)(=O)NC(=O)Cn2ccc(C3CC3)n2)c1. The summed E-state index contributed by atoms with van der Waals surface area (Å²) in [7, 11) is -4.05. The minimum Gasteiger partial charge on any atom is -0.272 e. The Morgan fingerprint density at radius 2 is 2.17 bits per heavy atom. The van der Waals surface area contributed by atoms with Crippen LogP contribution in [0.4, 0.5) is 0 Å². The van der Waals surface area contributed by atoms with E-state index in [0.717, 1.165) is 18.5 Å². The zero-order chi connectivity index (χ0) is 17.3. The van der Waals surface area contributed by atoms with Gasteiger partial charge in [0.05, 0.1) is 22.2 Å². The highest BCUT2D eigenvalue weighted by atomic mass is 79.9. The van der Waals surface area contributed by atoms with Crippen molar-refractivity contribution < 1.29 is 13.2 Å². The van der Waals surface area contributed by atoms with Crippen molar-refractivity contribution in [3.63, 3.8) is 0 Å². The molecule has 1 fully saturated rings. The van der Waals surface area contributed by atoms with Gasteiger partial charge in [-0.1, -0.05) is 15.9 Å². The normalized spacial score (nSPS) is 14.2. The van der Waals surface area contributed by atoms with Crippen LogP contribution < -0.4 is 4.72 Å². The third-order valence-electron chi connectivity index (χ3n) is 3.52. The number of amides is 1. The van der Waals surface area contributed by atoms with Gasteiger partial charge in [0.2, 0.25) is 0 Å². The maximum Gasteiger partial charge on any atom is 0.264 e. The number of hydrogen-bond donors (Lipinski definition) is 1. The molecule has 1 amide bonds. The predicted octanol–water partition coefficient (Wildman–Crippen LogP) is 1.90. The number of aromatic nitrogens is 2. The van der Waals surface area contributed by atoms with Gasteiger partial charge in [0.1, 0.15) is 6.54 Å². The fourth-order valence-electron chi connectivity index (χ4n) is 2.23. The molecule has 1 aliphatic rings. The summed E-state index contributed by atoms with van der Waals surface area (Å²) in [6.45, 7) is -0.189. The summed E-state index contributed by atoms with van der Waals surface area (Å²) in [5.41, 5.74) is 1.11. The van der Waals surface area contributed by atoms with E-state index < -0.39 is 15.9 Å². The summed E-state index contributed by atoms with van der Waals surface area (Å²) in [6, 6.07) is 7.74. The second kappa shape index (κ2) is 6.37. The molecule has 0 saturated heterocycles. The molecule has 1 aromatic heterocycles. The lowest BCUT2D eigenvalue weighted by Crippen LogP contribution is -2.33. The van der Waals surface area contributed by atoms with Crippen molar-refractivity contribution in [1.29, 1.82) is 5.26 Å². The summed E-state index contributed by atoms with van der Waals surface area (Å²) < 4.78 is 28.4. The predicted molar refractivity (Wildman–Crippen MR) is 88.4 cm³/mol. The van der Waals surface area contributed by atoms with Gasteiger partial charge >= 0.3 is 0 Å². The fourth-order valence-corrected chi connectivity index (χ4v) is 3.92. The summed E-state index contributed by atoms with van der Waals surface area (Å²) >= 11 is 3.15. The molecular weight excluding hydrogens is 396 g/mol. The summed E-state index contributed by atoms with van der Waals surface area (Å²) in [5, 5.41) is 13.2. The lowest BCUT2D eigenvalue weighted by molar-refractivity contribution is -0.120. The molecule has 0 bridgehead atoms. The smallest absolute Gasteiger partial charge is 0.264 e. The van der Waals surface area contributed by atoms with Crippen molar-refractivity contribution in [1.82, 2.24) is 14.5 Å². The van der Waals surface area contributed by atoms with Crippen LogP contribution in [0.25, 0.3) is 0 Å². The third-order valence-corrected chi connectivity index (χ3v) is 5.33. The van der Waals surface area contributed by atoms with Crippen molar-refractivity contribution in [3.05, 3.63) is 46.2 Å². The Kier molecular flexibility index (Phi) is 4.43. The number of rotatable bonds is 5. The molecule has 1 aliphatic carbocycles. The first-order valence-electron chi connectivity index (χ1n) is 7.17. The van der Waals surface area contributed by atoms with Gasteiger partial charge in [0.15, 0.2) is 0 Å². The van der Waals surface area contributed by atoms with Gasteiger partial charge in [0, 0.05) is 16.6 Å². The fraction of sp³-hybridized carbons (Fsp3) is 0.267. The van der Waals surface area contributed by atoms with Crippen LogP contribution in [-0.4, -0.2) is 24.1 Å². The van der Waals surface area contributed by atoms with Gasteiger partial charge in [-0.25, -0.2) is 13.1 Å². The Bertz CT molecular complexity index is 942. The molecular formula is C15H13BrN4O3S. The second-order valence-electron chi connectivity index (χ2n) is 5.53. The Morgan fingerprint density at radius 1 is 1.42 bits per heavy atom. The largest absolute Gasteiger partial charge is 0.272 e. The number of nitriles is 1. The quantitative estimate of drug-likeness (QED) is 0.812.